The minimum Gasteiger partial charge on any atom is -0.485 e. The van der Waals surface area contributed by atoms with Crippen molar-refractivity contribution in [1.29, 1.82) is 0 Å². The lowest BCUT2D eigenvalue weighted by Crippen LogP contribution is -2.16. The van der Waals surface area contributed by atoms with Gasteiger partial charge in [0.2, 0.25) is 5.91 Å². The Morgan fingerprint density at radius 1 is 1.05 bits per heavy atom. The molecule has 1 amide bonds. The van der Waals surface area contributed by atoms with E-state index in [-0.39, 0.29) is 18.3 Å². The van der Waals surface area contributed by atoms with Gasteiger partial charge in [0, 0.05) is 17.5 Å². The van der Waals surface area contributed by atoms with E-state index < -0.39 is 5.97 Å². The first-order valence-corrected chi connectivity index (χ1v) is 14.5. The third-order valence-electron chi connectivity index (χ3n) is 6.25. The fourth-order valence-electron chi connectivity index (χ4n) is 4.12. The van der Waals surface area contributed by atoms with Gasteiger partial charge in [0.1, 0.15) is 22.9 Å². The number of thioether (sulfide) groups is 1. The Labute approximate surface area is 242 Å². The van der Waals surface area contributed by atoms with Gasteiger partial charge >= 0.3 is 5.97 Å². The van der Waals surface area contributed by atoms with Crippen LogP contribution in [0.25, 0.3) is 11.1 Å². The third-order valence-corrected chi connectivity index (χ3v) is 8.12. The SMILES string of the molecule is C=CCn1c(COc2cc(C)ccc2C)nnc1SCC(=O)Nc1scc(-c2cc(C)ccc2C)c1C(=O)OC. The molecule has 0 saturated carbocycles. The molecule has 40 heavy (non-hydrogen) atoms. The Bertz CT molecular complexity index is 1560. The summed E-state index contributed by atoms with van der Waals surface area (Å²) in [7, 11) is 1.34. The highest BCUT2D eigenvalue weighted by molar-refractivity contribution is 7.99. The molecule has 8 nitrogen and oxygen atoms in total. The summed E-state index contributed by atoms with van der Waals surface area (Å²) in [5.41, 5.74) is 6.26. The second-order valence-electron chi connectivity index (χ2n) is 9.36. The molecule has 0 spiro atoms. The van der Waals surface area contributed by atoms with Crippen LogP contribution < -0.4 is 10.1 Å². The van der Waals surface area contributed by atoms with Crippen LogP contribution in [0.4, 0.5) is 5.00 Å². The van der Waals surface area contributed by atoms with Crippen molar-refractivity contribution in [3.05, 3.63) is 88.1 Å². The van der Waals surface area contributed by atoms with Crippen LogP contribution in [0.15, 0.2) is 59.6 Å². The van der Waals surface area contributed by atoms with Crippen molar-refractivity contribution >= 4 is 40.0 Å². The summed E-state index contributed by atoms with van der Waals surface area (Å²) in [5, 5.41) is 14.4. The van der Waals surface area contributed by atoms with E-state index >= 15 is 0 Å². The van der Waals surface area contributed by atoms with Crippen molar-refractivity contribution < 1.29 is 19.1 Å². The number of rotatable bonds is 11. The molecule has 2 aromatic carbocycles. The maximum absolute atomic E-state index is 13.0. The molecule has 10 heteroatoms. The molecular formula is C30H32N4O4S2. The Kier molecular flexibility index (Phi) is 9.44. The Morgan fingerprint density at radius 3 is 2.50 bits per heavy atom. The average molecular weight is 577 g/mol. The molecule has 208 valence electrons. The number of carbonyl (C=O) groups is 2. The van der Waals surface area contributed by atoms with Gasteiger partial charge in [-0.05, 0) is 56.0 Å². The van der Waals surface area contributed by atoms with Crippen molar-refractivity contribution in [1.82, 2.24) is 14.8 Å². The van der Waals surface area contributed by atoms with E-state index in [0.717, 1.165) is 39.1 Å². The zero-order valence-electron chi connectivity index (χ0n) is 23.2. The molecule has 2 aromatic heterocycles. The van der Waals surface area contributed by atoms with Gasteiger partial charge in [-0.25, -0.2) is 4.79 Å². The van der Waals surface area contributed by atoms with Crippen LogP contribution in [0.2, 0.25) is 0 Å². The van der Waals surface area contributed by atoms with Crippen LogP contribution in [0, 0.1) is 27.7 Å². The summed E-state index contributed by atoms with van der Waals surface area (Å²) in [6, 6.07) is 12.1. The first-order chi connectivity index (χ1) is 19.2. The lowest BCUT2D eigenvalue weighted by Gasteiger charge is -2.11. The molecular weight excluding hydrogens is 544 g/mol. The number of anilines is 1. The van der Waals surface area contributed by atoms with Crippen LogP contribution in [-0.2, 0) is 22.7 Å². The lowest BCUT2D eigenvalue weighted by atomic mass is 9.97. The molecule has 0 aliphatic carbocycles. The quantitative estimate of drug-likeness (QED) is 0.123. The molecule has 0 saturated heterocycles. The zero-order chi connectivity index (χ0) is 28.8. The smallest absolute Gasteiger partial charge is 0.341 e. The number of allylic oxidation sites excluding steroid dienone is 1. The lowest BCUT2D eigenvalue weighted by molar-refractivity contribution is -0.113. The number of amides is 1. The van der Waals surface area contributed by atoms with Crippen molar-refractivity contribution in [2.45, 2.75) is 46.0 Å². The highest BCUT2D eigenvalue weighted by Gasteiger charge is 2.24. The summed E-state index contributed by atoms with van der Waals surface area (Å²) >= 11 is 2.55. The molecule has 0 bridgehead atoms. The van der Waals surface area contributed by atoms with Gasteiger partial charge in [0.25, 0.3) is 0 Å². The summed E-state index contributed by atoms with van der Waals surface area (Å²) in [5.74, 6) is 0.724. The van der Waals surface area contributed by atoms with E-state index in [1.54, 1.807) is 6.08 Å². The van der Waals surface area contributed by atoms with E-state index in [4.69, 9.17) is 9.47 Å². The monoisotopic (exact) mass is 576 g/mol. The summed E-state index contributed by atoms with van der Waals surface area (Å²) in [6.45, 7) is 12.5. The average Bonchev–Trinajstić information content (AvgIpc) is 3.52. The van der Waals surface area contributed by atoms with Crippen LogP contribution in [0.3, 0.4) is 0 Å². The molecule has 0 aliphatic heterocycles. The fourth-order valence-corrected chi connectivity index (χ4v) is 5.85. The number of ether oxygens (including phenoxy) is 2. The van der Waals surface area contributed by atoms with Gasteiger partial charge in [-0.15, -0.1) is 28.1 Å². The number of nitrogens with zero attached hydrogens (tertiary/aromatic N) is 3. The minimum absolute atomic E-state index is 0.0738. The Morgan fingerprint density at radius 2 is 1.77 bits per heavy atom. The zero-order valence-corrected chi connectivity index (χ0v) is 24.9. The number of hydrogen-bond acceptors (Lipinski definition) is 8. The number of nitrogens with one attached hydrogen (secondary N) is 1. The number of carbonyl (C=O) groups excluding carboxylic acids is 2. The van der Waals surface area contributed by atoms with Crippen molar-refractivity contribution in [3.63, 3.8) is 0 Å². The van der Waals surface area contributed by atoms with Crippen molar-refractivity contribution in [2.75, 3.05) is 18.2 Å². The molecule has 0 atom stereocenters. The summed E-state index contributed by atoms with van der Waals surface area (Å²) < 4.78 is 13.0. The largest absolute Gasteiger partial charge is 0.485 e. The molecule has 0 aliphatic rings. The molecule has 2 heterocycles. The van der Waals surface area contributed by atoms with Gasteiger partial charge in [-0.2, -0.15) is 0 Å². The number of methoxy groups -OCH3 is 1. The number of aryl methyl sites for hydroxylation is 4. The van der Waals surface area contributed by atoms with Crippen molar-refractivity contribution in [2.24, 2.45) is 0 Å². The normalized spacial score (nSPS) is 10.8. The number of hydrogen-bond donors (Lipinski definition) is 1. The van der Waals surface area contributed by atoms with E-state index in [0.29, 0.717) is 28.1 Å². The van der Waals surface area contributed by atoms with Crippen LogP contribution in [0.5, 0.6) is 5.75 Å². The van der Waals surface area contributed by atoms with Crippen LogP contribution in [-0.4, -0.2) is 39.5 Å². The molecule has 4 rings (SSSR count). The number of aromatic nitrogens is 3. The second-order valence-corrected chi connectivity index (χ2v) is 11.2. The van der Waals surface area contributed by atoms with Gasteiger partial charge in [-0.3, -0.25) is 9.36 Å². The van der Waals surface area contributed by atoms with E-state index in [1.807, 2.05) is 74.0 Å². The predicted molar refractivity (Wildman–Crippen MR) is 160 cm³/mol. The van der Waals surface area contributed by atoms with Crippen LogP contribution in [0.1, 0.15) is 38.4 Å². The number of benzene rings is 2. The highest BCUT2D eigenvalue weighted by Crippen LogP contribution is 2.38. The van der Waals surface area contributed by atoms with E-state index in [9.17, 15) is 9.59 Å². The van der Waals surface area contributed by atoms with Gasteiger partial charge in [0.05, 0.1) is 12.9 Å². The number of esters is 1. The standard InChI is InChI=1S/C30H32N4O4S2/c1-7-12-34-25(15-38-24-14-19(3)9-11-21(24)5)32-33-30(34)40-17-26(35)31-28-27(29(36)37-6)23(16-39-28)22-13-18(2)8-10-20(22)4/h7-11,13-14,16H,1,12,15,17H2,2-6H3,(H,31,35). The molecule has 0 unspecified atom stereocenters. The topological polar surface area (TPSA) is 95.3 Å². The summed E-state index contributed by atoms with van der Waals surface area (Å²) in [4.78, 5) is 25.7. The predicted octanol–water partition coefficient (Wildman–Crippen LogP) is 6.52. The highest BCUT2D eigenvalue weighted by atomic mass is 32.2. The van der Waals surface area contributed by atoms with Crippen molar-refractivity contribution in [3.8, 4) is 16.9 Å². The molecule has 4 aromatic rings. The Balaban J connectivity index is 1.48. The molecule has 0 fully saturated rings. The third kappa shape index (κ3) is 6.63. The van der Waals surface area contributed by atoms with Gasteiger partial charge in [0.15, 0.2) is 11.0 Å². The van der Waals surface area contributed by atoms with Gasteiger partial charge < -0.3 is 14.8 Å². The Hall–Kier alpha value is -3.89. The van der Waals surface area contributed by atoms with Gasteiger partial charge in [-0.1, -0.05) is 53.7 Å². The molecule has 1 N–H and O–H groups in total. The van der Waals surface area contributed by atoms with E-state index in [2.05, 4.69) is 22.1 Å². The summed E-state index contributed by atoms with van der Waals surface area (Å²) in [6.07, 6.45) is 1.75. The number of thiophene rings is 1. The first-order valence-electron chi connectivity index (χ1n) is 12.6. The van der Waals surface area contributed by atoms with Crippen LogP contribution >= 0.6 is 23.1 Å². The second kappa shape index (κ2) is 13.0. The maximum atomic E-state index is 13.0. The first kappa shape index (κ1) is 29.1. The molecule has 0 radical (unpaired) electrons. The minimum atomic E-state index is -0.501. The maximum Gasteiger partial charge on any atom is 0.341 e. The van der Waals surface area contributed by atoms with E-state index in [1.165, 1.54) is 30.2 Å². The fraction of sp³-hybridized carbons (Fsp3) is 0.267.